The van der Waals surface area contributed by atoms with Crippen molar-refractivity contribution in [3.63, 3.8) is 0 Å². The molecule has 348 valence electrons. The number of anilines is 2. The predicted octanol–water partition coefficient (Wildman–Crippen LogP) is 5.34. The highest BCUT2D eigenvalue weighted by molar-refractivity contribution is 7.94. The maximum Gasteiger partial charge on any atom is 0.397 e. The lowest BCUT2D eigenvalue weighted by atomic mass is 10.1. The number of nitrogens with zero attached hydrogens (tertiary/aromatic N) is 4. The van der Waals surface area contributed by atoms with E-state index in [0.717, 1.165) is 36.4 Å². The predicted molar refractivity (Wildman–Crippen MR) is 226 cm³/mol. The van der Waals surface area contributed by atoms with Crippen LogP contribution in [0, 0.1) is 0 Å². The van der Waals surface area contributed by atoms with Crippen LogP contribution in [0.25, 0.3) is 10.8 Å². The molecule has 0 bridgehead atoms. The van der Waals surface area contributed by atoms with E-state index in [9.17, 15) is 52.3 Å². The van der Waals surface area contributed by atoms with Gasteiger partial charge in [0.2, 0.25) is 0 Å². The minimum Gasteiger partial charge on any atom is -0.505 e. The van der Waals surface area contributed by atoms with E-state index in [2.05, 4.69) is 48.7 Å². The molecule has 5 aromatic rings. The van der Waals surface area contributed by atoms with Gasteiger partial charge >= 0.3 is 10.4 Å². The number of amides is 1. The molecule has 0 aromatic heterocycles. The van der Waals surface area contributed by atoms with Crippen LogP contribution < -0.4 is 11.1 Å². The van der Waals surface area contributed by atoms with E-state index in [1.807, 2.05) is 0 Å². The van der Waals surface area contributed by atoms with Gasteiger partial charge in [0.05, 0.1) is 73.0 Å². The molecule has 0 aliphatic carbocycles. The molecule has 0 radical (unpaired) electrons. The second kappa shape index (κ2) is 21.3. The third-order valence-corrected chi connectivity index (χ3v) is 14.6. The van der Waals surface area contributed by atoms with Crippen molar-refractivity contribution in [3.8, 4) is 5.75 Å². The number of nitrogen functional groups attached to an aromatic ring is 1. The molecule has 0 heterocycles. The summed E-state index contributed by atoms with van der Waals surface area (Å²) in [6, 6.07) is 16.9. The largest absolute Gasteiger partial charge is 0.505 e. The average molecular weight is 1020 g/mol. The van der Waals surface area contributed by atoms with Gasteiger partial charge in [0.1, 0.15) is 16.3 Å². The maximum absolute atomic E-state index is 13.0. The van der Waals surface area contributed by atoms with Gasteiger partial charge in [-0.3, -0.25) is 13.9 Å². The molecular weight excluding hydrogens is 993 g/mol. The van der Waals surface area contributed by atoms with Gasteiger partial charge in [0.25, 0.3) is 16.0 Å². The first-order chi connectivity index (χ1) is 30.5. The molecule has 1 atom stereocenters. The van der Waals surface area contributed by atoms with Crippen LogP contribution >= 0.6 is 12.0 Å². The van der Waals surface area contributed by atoms with Gasteiger partial charge in [-0.2, -0.15) is 27.1 Å². The van der Waals surface area contributed by atoms with E-state index in [-0.39, 0.29) is 60.1 Å². The molecule has 8 N–H and O–H groups in total. The number of aromatic hydroxyl groups is 1. The van der Waals surface area contributed by atoms with Crippen molar-refractivity contribution in [1.82, 2.24) is 0 Å². The Bertz CT molecular complexity index is 3140. The van der Waals surface area contributed by atoms with Gasteiger partial charge in [-0.25, -0.2) is 35.7 Å². The lowest BCUT2D eigenvalue weighted by Gasteiger charge is -2.14. The van der Waals surface area contributed by atoms with Crippen LogP contribution in [-0.2, 0) is 74.2 Å². The fourth-order valence-electron chi connectivity index (χ4n) is 5.34. The zero-order valence-electron chi connectivity index (χ0n) is 32.1. The molecule has 0 fully saturated rings. The van der Waals surface area contributed by atoms with E-state index in [1.54, 1.807) is 0 Å². The number of hydrogen-bond donors (Lipinski definition) is 7. The second-order valence-corrected chi connectivity index (χ2v) is 21.1. The van der Waals surface area contributed by atoms with Gasteiger partial charge in [-0.15, -0.1) is 18.9 Å². The molecule has 65 heavy (non-hydrogen) atoms. The molecule has 32 heteroatoms. The van der Waals surface area contributed by atoms with Gasteiger partial charge < -0.3 is 16.2 Å². The number of nitrogens with one attached hydrogen (secondary N) is 1. The van der Waals surface area contributed by atoms with Crippen molar-refractivity contribution in [3.05, 3.63) is 90.5 Å². The van der Waals surface area contributed by atoms with E-state index in [1.165, 1.54) is 48.5 Å². The fraction of sp³-hybridized carbons (Fsp3) is 0.121. The van der Waals surface area contributed by atoms with Gasteiger partial charge in [0.15, 0.2) is 36.5 Å². The average Bonchev–Trinajstić information content (AvgIpc) is 3.23. The topological polar surface area (TPSA) is 405 Å². The molecule has 5 aromatic carbocycles. The molecule has 1 amide bonds. The number of benzene rings is 5. The summed E-state index contributed by atoms with van der Waals surface area (Å²) in [5, 5.41) is 53.3. The lowest BCUT2D eigenvalue weighted by Crippen LogP contribution is -2.16. The second-order valence-electron chi connectivity index (χ2n) is 12.5. The fourth-order valence-corrected chi connectivity index (χ4v) is 10.4. The quantitative estimate of drug-likeness (QED) is 0.0122. The van der Waals surface area contributed by atoms with Crippen LogP contribution in [0.1, 0.15) is 10.4 Å². The van der Waals surface area contributed by atoms with Crippen molar-refractivity contribution in [2.75, 3.05) is 34.9 Å². The maximum atomic E-state index is 13.0. The van der Waals surface area contributed by atoms with E-state index >= 15 is 0 Å². The van der Waals surface area contributed by atoms with E-state index in [4.69, 9.17) is 20.8 Å². The van der Waals surface area contributed by atoms with Crippen molar-refractivity contribution in [1.29, 1.82) is 0 Å². The Morgan fingerprint density at radius 3 is 1.97 bits per heavy atom. The number of azo groups is 2. The third-order valence-electron chi connectivity index (χ3n) is 8.26. The summed E-state index contributed by atoms with van der Waals surface area (Å²) < 4.78 is 140. The smallest absolute Gasteiger partial charge is 0.397 e. The summed E-state index contributed by atoms with van der Waals surface area (Å²) in [5.74, 6) is -3.45. The summed E-state index contributed by atoms with van der Waals surface area (Å²) in [6.07, 6.45) is 0. The molecule has 0 saturated carbocycles. The normalized spacial score (nSPS) is 13.2. The van der Waals surface area contributed by atoms with Gasteiger partial charge in [-0.05, 0) is 84.2 Å². The minimum absolute atomic E-state index is 0.0704. The van der Waals surface area contributed by atoms with Crippen LogP contribution in [-0.4, -0.2) is 92.4 Å². The van der Waals surface area contributed by atoms with Crippen molar-refractivity contribution < 1.29 is 90.3 Å². The number of rotatable bonds is 21. The molecule has 0 aliphatic heterocycles. The number of nitrogens with two attached hydrogens (primary N) is 1. The zero-order valence-corrected chi connectivity index (χ0v) is 37.0. The van der Waals surface area contributed by atoms with Crippen molar-refractivity contribution in [2.24, 2.45) is 20.5 Å². The molecule has 5 rings (SSSR count). The first-order valence-corrected chi connectivity index (χ1v) is 25.3. The number of carbonyl (C=O) groups is 1. The molecule has 26 nitrogen and oxygen atoms in total. The Morgan fingerprint density at radius 2 is 1.37 bits per heavy atom. The van der Waals surface area contributed by atoms with Crippen LogP contribution in [0.15, 0.2) is 125 Å². The summed E-state index contributed by atoms with van der Waals surface area (Å²) in [5.41, 5.74) is 4.83. The summed E-state index contributed by atoms with van der Waals surface area (Å²) >= 11 is -1.98. The van der Waals surface area contributed by atoms with Crippen molar-refractivity contribution in [2.45, 2.75) is 19.6 Å². The lowest BCUT2D eigenvalue weighted by molar-refractivity contribution is -0.434. The monoisotopic (exact) mass is 1020 g/mol. The van der Waals surface area contributed by atoms with Gasteiger partial charge in [-0.1, -0.05) is 16.1 Å². The SMILES string of the molecule is Nc1c(/N=N/c2ccc(S(=O)(=O)CCOS(=O)(=O)O)cc2)c(S(=O)(=O)O)cc2cc(SOOO)c(/N=N/c3ccc(C(=O)Nc4cccc(S(=O)(=O)CCS(=O)OOO)c4)cc3)c(O)c12. The highest BCUT2D eigenvalue weighted by Gasteiger charge is 2.26. The third kappa shape index (κ3) is 13.6. The molecule has 0 saturated heterocycles. The van der Waals surface area contributed by atoms with Crippen molar-refractivity contribution >= 4 is 114 Å². The number of hydrogen-bond acceptors (Lipinski definition) is 24. The zero-order chi connectivity index (χ0) is 47.7. The highest BCUT2D eigenvalue weighted by atomic mass is 32.3. The highest BCUT2D eigenvalue weighted by Crippen LogP contribution is 2.49. The van der Waals surface area contributed by atoms with Crippen LogP contribution in [0.3, 0.4) is 0 Å². The van der Waals surface area contributed by atoms with Gasteiger partial charge in [0, 0.05) is 11.3 Å². The molecule has 0 aliphatic rings. The number of phenolic OH excluding ortho intramolecular Hbond substituents is 1. The minimum atomic E-state index is -5.13. The Kier molecular flexibility index (Phi) is 16.5. The number of sulfone groups is 2. The summed E-state index contributed by atoms with van der Waals surface area (Å²) in [4.78, 5) is 11.4. The first kappa shape index (κ1) is 50.6. The Balaban J connectivity index is 1.42. The first-order valence-electron chi connectivity index (χ1n) is 17.2. The number of fused-ring (bicyclic) bond motifs is 1. The summed E-state index contributed by atoms with van der Waals surface area (Å²) in [7, 11) is -18.1. The van der Waals surface area contributed by atoms with E-state index < -0.39 is 109 Å². The van der Waals surface area contributed by atoms with Crippen LogP contribution in [0.4, 0.5) is 34.1 Å². The van der Waals surface area contributed by atoms with E-state index in [0.29, 0.717) is 0 Å². The number of phenols is 1. The Labute approximate surface area is 373 Å². The standard InChI is InChI=1S/C33H30N6O20S6/c34-29-28-20(17-27(64(49,50)51)31(29)39-37-22-8-10-24(11-9-22)62(45,46)14-12-55-65(52,53)54)16-26(60-58-56-42)30(32(28)40)38-36-21-6-4-19(5-7-21)33(41)35-23-2-1-3-25(18-23)63(47,48)15-13-61(44)59-57-43/h1-11,16-18,40,42-43H,12-15,34H2,(H,35,41)(H,49,50,51)(H,52,53,54)/b38-36+,39-37+. The Hall–Kier alpha value is -5.43. The molecule has 0 spiro atoms. The number of carbonyl (C=O) groups excluding carboxylic acids is 1. The van der Waals surface area contributed by atoms with Crippen LogP contribution in [0.2, 0.25) is 0 Å². The summed E-state index contributed by atoms with van der Waals surface area (Å²) in [6.45, 7) is -0.886. The molecular formula is C33H30N6O20S6. The van der Waals surface area contributed by atoms with Crippen LogP contribution in [0.5, 0.6) is 5.75 Å². The molecule has 1 unspecified atom stereocenters. The Morgan fingerprint density at radius 1 is 0.754 bits per heavy atom.